The number of tetrazole rings is 1. The number of carbonyl (C=O) groups excluding carboxylic acids is 4. The number of benzene rings is 2. The van der Waals surface area contributed by atoms with E-state index in [9.17, 15) is 19.2 Å². The van der Waals surface area contributed by atoms with Crippen molar-refractivity contribution in [3.05, 3.63) is 89.5 Å². The summed E-state index contributed by atoms with van der Waals surface area (Å²) in [5.74, 6) is -3.21. The Morgan fingerprint density at radius 2 is 1.72 bits per heavy atom. The lowest BCUT2D eigenvalue weighted by Crippen LogP contribution is -2.49. The van der Waals surface area contributed by atoms with Crippen LogP contribution in [0.3, 0.4) is 0 Å². The van der Waals surface area contributed by atoms with Crippen LogP contribution in [0.2, 0.25) is 5.02 Å². The van der Waals surface area contributed by atoms with Crippen LogP contribution in [0.4, 0.5) is 11.4 Å². The number of ether oxygens (including phenoxy) is 1. The van der Waals surface area contributed by atoms with Gasteiger partial charge in [-0.3, -0.25) is 19.4 Å². The molecule has 13 nitrogen and oxygen atoms in total. The molecule has 4 aromatic rings. The summed E-state index contributed by atoms with van der Waals surface area (Å²) in [4.78, 5) is 54.5. The Balaban J connectivity index is 1.50. The minimum Gasteiger partial charge on any atom is -0.465 e. The predicted molar refractivity (Wildman–Crippen MR) is 139 cm³/mol. The Hall–Kier alpha value is -5.17. The molecule has 3 N–H and O–H groups in total. The summed E-state index contributed by atoms with van der Waals surface area (Å²) in [6, 6.07) is 12.8. The lowest BCUT2D eigenvalue weighted by molar-refractivity contribution is -0.137. The first-order valence-electron chi connectivity index (χ1n) is 11.4. The van der Waals surface area contributed by atoms with E-state index in [1.165, 1.54) is 48.5 Å². The number of nitrogens with zero attached hydrogens (tertiary/aromatic N) is 5. The lowest BCUT2D eigenvalue weighted by Gasteiger charge is -2.19. The Bertz CT molecular complexity index is 1480. The van der Waals surface area contributed by atoms with Crippen molar-refractivity contribution in [1.82, 2.24) is 30.5 Å². The third-order valence-corrected chi connectivity index (χ3v) is 5.63. The molecule has 0 bridgehead atoms. The SMILES string of the molecule is COC(=O)c1ccc(NC(=O)C(Cc2ccncc2)NC(=O)C(=O)Nc2cc(Cl)ccc2-n2cnnn2)cc1. The maximum Gasteiger partial charge on any atom is 0.337 e. The summed E-state index contributed by atoms with van der Waals surface area (Å²) in [7, 11) is 1.26. The van der Waals surface area contributed by atoms with E-state index in [0.717, 1.165) is 0 Å². The van der Waals surface area contributed by atoms with Gasteiger partial charge in [-0.15, -0.1) is 5.10 Å². The minimum absolute atomic E-state index is 0.0701. The normalized spacial score (nSPS) is 11.2. The lowest BCUT2D eigenvalue weighted by atomic mass is 10.1. The molecule has 2 aromatic heterocycles. The molecule has 0 aliphatic carbocycles. The summed E-state index contributed by atoms with van der Waals surface area (Å²) >= 11 is 6.07. The van der Waals surface area contributed by atoms with Crippen LogP contribution in [0.5, 0.6) is 0 Å². The Morgan fingerprint density at radius 1 is 0.974 bits per heavy atom. The molecule has 14 heteroatoms. The van der Waals surface area contributed by atoms with Crippen LogP contribution >= 0.6 is 11.6 Å². The van der Waals surface area contributed by atoms with Crippen molar-refractivity contribution in [2.24, 2.45) is 0 Å². The number of anilines is 2. The average Bonchev–Trinajstić information content (AvgIpc) is 3.48. The molecular formula is C25H21ClN8O5. The van der Waals surface area contributed by atoms with Gasteiger partial charge in [-0.1, -0.05) is 11.6 Å². The first kappa shape index (κ1) is 26.9. The van der Waals surface area contributed by atoms with E-state index in [1.54, 1.807) is 36.7 Å². The van der Waals surface area contributed by atoms with Crippen LogP contribution in [0.1, 0.15) is 15.9 Å². The zero-order valence-electron chi connectivity index (χ0n) is 20.4. The van der Waals surface area contributed by atoms with Gasteiger partial charge in [0.15, 0.2) is 0 Å². The van der Waals surface area contributed by atoms with Gasteiger partial charge in [-0.25, -0.2) is 4.79 Å². The van der Waals surface area contributed by atoms with Gasteiger partial charge in [-0.2, -0.15) is 4.68 Å². The molecule has 1 unspecified atom stereocenters. The number of halogens is 1. The number of hydrogen-bond donors (Lipinski definition) is 3. The highest BCUT2D eigenvalue weighted by Gasteiger charge is 2.26. The van der Waals surface area contributed by atoms with Crippen LogP contribution in [0, 0.1) is 0 Å². The Morgan fingerprint density at radius 3 is 2.38 bits per heavy atom. The van der Waals surface area contributed by atoms with Crippen molar-refractivity contribution in [2.45, 2.75) is 12.5 Å². The standard InChI is InChI=1S/C25H21ClN8O5/c1-39-25(38)16-2-5-18(6-3-16)29-22(35)20(12-15-8-10-27-11-9-15)31-24(37)23(36)30-19-13-17(26)4-7-21(19)34-14-28-32-33-34/h2-11,13-14,20H,12H2,1H3,(H,29,35)(H,30,36)(H,31,37). The van der Waals surface area contributed by atoms with Gasteiger partial charge in [0, 0.05) is 29.5 Å². The molecule has 4 rings (SSSR count). The van der Waals surface area contributed by atoms with Crippen molar-refractivity contribution in [1.29, 1.82) is 0 Å². The van der Waals surface area contributed by atoms with Crippen molar-refractivity contribution in [2.75, 3.05) is 17.7 Å². The van der Waals surface area contributed by atoms with Crippen LogP contribution in [0.15, 0.2) is 73.3 Å². The first-order valence-corrected chi connectivity index (χ1v) is 11.7. The maximum atomic E-state index is 13.2. The van der Waals surface area contributed by atoms with Gasteiger partial charge in [0.1, 0.15) is 12.4 Å². The van der Waals surface area contributed by atoms with Crippen molar-refractivity contribution < 1.29 is 23.9 Å². The average molecular weight is 549 g/mol. The second-order valence-corrected chi connectivity index (χ2v) is 8.45. The van der Waals surface area contributed by atoms with E-state index in [4.69, 9.17) is 11.6 Å². The molecule has 39 heavy (non-hydrogen) atoms. The molecule has 0 saturated carbocycles. The molecule has 0 fully saturated rings. The van der Waals surface area contributed by atoms with Gasteiger partial charge < -0.3 is 20.7 Å². The smallest absolute Gasteiger partial charge is 0.337 e. The predicted octanol–water partition coefficient (Wildman–Crippen LogP) is 1.80. The van der Waals surface area contributed by atoms with Gasteiger partial charge in [0.2, 0.25) is 5.91 Å². The molecule has 0 aliphatic rings. The fraction of sp³-hybridized carbons (Fsp3) is 0.120. The first-order chi connectivity index (χ1) is 18.8. The highest BCUT2D eigenvalue weighted by molar-refractivity contribution is 6.40. The number of pyridine rings is 1. The topological polar surface area (TPSA) is 170 Å². The third kappa shape index (κ3) is 6.99. The monoisotopic (exact) mass is 548 g/mol. The summed E-state index contributed by atoms with van der Waals surface area (Å²) in [6.07, 6.45) is 4.47. The number of aromatic nitrogens is 5. The highest BCUT2D eigenvalue weighted by atomic mass is 35.5. The molecule has 0 radical (unpaired) electrons. The van der Waals surface area contributed by atoms with Crippen molar-refractivity contribution in [3.63, 3.8) is 0 Å². The van der Waals surface area contributed by atoms with Gasteiger partial charge in [0.25, 0.3) is 0 Å². The fourth-order valence-electron chi connectivity index (χ4n) is 3.48. The van der Waals surface area contributed by atoms with Gasteiger partial charge in [-0.05, 0) is 70.6 Å². The molecule has 0 saturated heterocycles. The number of hydrogen-bond acceptors (Lipinski definition) is 9. The highest BCUT2D eigenvalue weighted by Crippen LogP contribution is 2.23. The van der Waals surface area contributed by atoms with E-state index in [2.05, 4.69) is 41.2 Å². The van der Waals surface area contributed by atoms with Crippen LogP contribution < -0.4 is 16.0 Å². The molecule has 0 spiro atoms. The van der Waals surface area contributed by atoms with E-state index in [0.29, 0.717) is 27.5 Å². The number of nitrogens with one attached hydrogen (secondary N) is 3. The zero-order chi connectivity index (χ0) is 27.8. The second kappa shape index (κ2) is 12.4. The van der Waals surface area contributed by atoms with E-state index >= 15 is 0 Å². The molecule has 0 aliphatic heterocycles. The van der Waals surface area contributed by atoms with Crippen LogP contribution in [0.25, 0.3) is 5.69 Å². The number of rotatable bonds is 8. The van der Waals surface area contributed by atoms with Crippen molar-refractivity contribution >= 4 is 46.7 Å². The third-order valence-electron chi connectivity index (χ3n) is 5.39. The molecule has 1 atom stereocenters. The van der Waals surface area contributed by atoms with Gasteiger partial charge in [0.05, 0.1) is 24.0 Å². The summed E-state index contributed by atoms with van der Waals surface area (Å²) in [5.41, 5.74) is 1.91. The largest absolute Gasteiger partial charge is 0.465 e. The van der Waals surface area contributed by atoms with E-state index < -0.39 is 29.7 Å². The van der Waals surface area contributed by atoms with E-state index in [-0.39, 0.29) is 12.1 Å². The quantitative estimate of drug-likeness (QED) is 0.219. The summed E-state index contributed by atoms with van der Waals surface area (Å²) in [6.45, 7) is 0. The van der Waals surface area contributed by atoms with Gasteiger partial charge >= 0.3 is 17.8 Å². The van der Waals surface area contributed by atoms with Crippen LogP contribution in [-0.4, -0.2) is 62.0 Å². The summed E-state index contributed by atoms with van der Waals surface area (Å²) < 4.78 is 5.96. The number of methoxy groups -OCH3 is 1. The maximum absolute atomic E-state index is 13.2. The van der Waals surface area contributed by atoms with Crippen LogP contribution in [-0.2, 0) is 25.5 Å². The Labute approximate surface area is 226 Å². The molecule has 2 aromatic carbocycles. The minimum atomic E-state index is -1.13. The fourth-order valence-corrected chi connectivity index (χ4v) is 3.66. The summed E-state index contributed by atoms with van der Waals surface area (Å²) in [5, 5.41) is 18.8. The Kier molecular flexibility index (Phi) is 8.53. The number of amides is 3. The zero-order valence-corrected chi connectivity index (χ0v) is 21.1. The number of esters is 1. The molecule has 198 valence electrons. The van der Waals surface area contributed by atoms with Crippen molar-refractivity contribution in [3.8, 4) is 5.69 Å². The number of carbonyl (C=O) groups is 4. The molecule has 2 heterocycles. The molecule has 3 amide bonds. The second-order valence-electron chi connectivity index (χ2n) is 8.01. The van der Waals surface area contributed by atoms with E-state index in [1.807, 2.05) is 0 Å². The molecular weight excluding hydrogens is 528 g/mol.